The molecule has 0 saturated carbocycles. The Labute approximate surface area is 57.6 Å². The molecule has 0 spiro atoms. The zero-order valence-electron chi connectivity index (χ0n) is 6.22. The zero-order valence-corrected chi connectivity index (χ0v) is 6.22. The van der Waals surface area contributed by atoms with Crippen molar-refractivity contribution in [2.75, 3.05) is 0 Å². The van der Waals surface area contributed by atoms with Crippen molar-refractivity contribution in [1.29, 1.82) is 0 Å². The van der Waals surface area contributed by atoms with Gasteiger partial charge in [0, 0.05) is 0 Å². The Morgan fingerprint density at radius 3 is 2.56 bits per heavy atom. The lowest BCUT2D eigenvalue weighted by Crippen LogP contribution is -1.60. The van der Waals surface area contributed by atoms with Gasteiger partial charge in [0.15, 0.2) is 0 Å². The van der Waals surface area contributed by atoms with Crippen molar-refractivity contribution in [3.8, 4) is 0 Å². The minimum Gasteiger partial charge on any atom is -0.130 e. The normalized spacial score (nSPS) is 9.11. The quantitative estimate of drug-likeness (QED) is 0.306. The summed E-state index contributed by atoms with van der Waals surface area (Å²) < 4.78 is 0. The first kappa shape index (κ1) is 8.26. The van der Waals surface area contributed by atoms with E-state index in [9.17, 15) is 0 Å². The van der Waals surface area contributed by atoms with E-state index in [4.69, 9.17) is 0 Å². The van der Waals surface area contributed by atoms with Crippen LogP contribution in [0.25, 0.3) is 0 Å². The van der Waals surface area contributed by atoms with Crippen LogP contribution in [0, 0.1) is 0 Å². The molecule has 50 valence electrons. The van der Waals surface area contributed by atoms with E-state index in [0.717, 1.165) is 12.8 Å². The largest absolute Gasteiger partial charge is 0.130 e. The van der Waals surface area contributed by atoms with E-state index < -0.39 is 0 Å². The van der Waals surface area contributed by atoms with Crippen molar-refractivity contribution < 1.29 is 0 Å². The molecule has 0 bridgehead atoms. The molecular formula is C9H14. The predicted octanol–water partition coefficient (Wildman–Crippen LogP) is 3.07. The molecule has 0 nitrogen and oxygen atoms in total. The summed E-state index contributed by atoms with van der Waals surface area (Å²) in [6, 6.07) is 0. The third-order valence-corrected chi connectivity index (χ3v) is 0.998. The average Bonchev–Trinajstić information content (AvgIpc) is 1.89. The monoisotopic (exact) mass is 122 g/mol. The van der Waals surface area contributed by atoms with Gasteiger partial charge >= 0.3 is 0 Å². The number of hydrogen-bond donors (Lipinski definition) is 0. The van der Waals surface area contributed by atoms with Crippen molar-refractivity contribution in [1.82, 2.24) is 0 Å². The van der Waals surface area contributed by atoms with Crippen molar-refractivity contribution in [2.45, 2.75) is 26.7 Å². The second kappa shape index (κ2) is 7.26. The third kappa shape index (κ3) is 7.26. The highest BCUT2D eigenvalue weighted by Gasteiger charge is 1.70. The van der Waals surface area contributed by atoms with Crippen LogP contribution in [0.2, 0.25) is 0 Å². The van der Waals surface area contributed by atoms with Crippen LogP contribution < -0.4 is 0 Å². The van der Waals surface area contributed by atoms with Crippen LogP contribution in [0.15, 0.2) is 30.0 Å². The highest BCUT2D eigenvalue weighted by Crippen LogP contribution is 1.90. The van der Waals surface area contributed by atoms with Gasteiger partial charge in [-0.05, 0) is 38.8 Å². The molecule has 0 aromatic rings. The fourth-order valence-corrected chi connectivity index (χ4v) is 0.547. The molecule has 9 heavy (non-hydrogen) atoms. The molecular weight excluding hydrogens is 108 g/mol. The molecule has 0 atom stereocenters. The minimum atomic E-state index is 1.11. The summed E-state index contributed by atoms with van der Waals surface area (Å²) in [7, 11) is 0. The first-order chi connectivity index (χ1) is 4.41. The molecule has 0 saturated heterocycles. The van der Waals surface area contributed by atoms with Crippen molar-refractivity contribution in [2.24, 2.45) is 0 Å². The highest BCUT2D eigenvalue weighted by atomic mass is 13.8. The fourth-order valence-electron chi connectivity index (χ4n) is 0.547. The van der Waals surface area contributed by atoms with E-state index >= 15 is 0 Å². The van der Waals surface area contributed by atoms with Crippen LogP contribution in [0.1, 0.15) is 26.7 Å². The Bertz CT molecular complexity index is 123. The summed E-state index contributed by atoms with van der Waals surface area (Å²) in [6.07, 6.45) is 10.5. The SMILES string of the molecule is CC=C=CCCC=CC. The molecule has 0 amide bonds. The van der Waals surface area contributed by atoms with E-state index in [0.29, 0.717) is 0 Å². The molecule has 0 aliphatic carbocycles. The second-order valence-electron chi connectivity index (χ2n) is 1.81. The number of rotatable bonds is 3. The van der Waals surface area contributed by atoms with Gasteiger partial charge in [-0.2, -0.15) is 0 Å². The summed E-state index contributed by atoms with van der Waals surface area (Å²) in [5, 5.41) is 0. The Morgan fingerprint density at radius 1 is 1.22 bits per heavy atom. The maximum atomic E-state index is 3.02. The van der Waals surface area contributed by atoms with Gasteiger partial charge in [-0.1, -0.05) is 12.2 Å². The lowest BCUT2D eigenvalue weighted by molar-refractivity contribution is 1.05. The summed E-state index contributed by atoms with van der Waals surface area (Å²) in [5.41, 5.74) is 3.02. The number of allylic oxidation sites excluding steroid dienone is 3. The van der Waals surface area contributed by atoms with Crippen LogP contribution in [0.5, 0.6) is 0 Å². The predicted molar refractivity (Wildman–Crippen MR) is 42.4 cm³/mol. The van der Waals surface area contributed by atoms with Gasteiger partial charge in [0.2, 0.25) is 0 Å². The molecule has 0 aromatic heterocycles. The summed E-state index contributed by atoms with van der Waals surface area (Å²) in [5.74, 6) is 0. The van der Waals surface area contributed by atoms with E-state index in [1.54, 1.807) is 0 Å². The van der Waals surface area contributed by atoms with Gasteiger partial charge in [-0.25, -0.2) is 0 Å². The molecule has 0 N–H and O–H groups in total. The zero-order chi connectivity index (χ0) is 6.95. The van der Waals surface area contributed by atoms with Crippen LogP contribution >= 0.6 is 0 Å². The van der Waals surface area contributed by atoms with E-state index in [-0.39, 0.29) is 0 Å². The molecule has 0 fully saturated rings. The second-order valence-corrected chi connectivity index (χ2v) is 1.81. The molecule has 0 aliphatic rings. The molecule has 0 aliphatic heterocycles. The molecule has 0 heteroatoms. The topological polar surface area (TPSA) is 0 Å². The Hall–Kier alpha value is -0.740. The lowest BCUT2D eigenvalue weighted by Gasteiger charge is -1.79. The van der Waals surface area contributed by atoms with Gasteiger partial charge in [0.05, 0.1) is 0 Å². The Kier molecular flexibility index (Phi) is 6.66. The van der Waals surface area contributed by atoms with Crippen LogP contribution in [0.4, 0.5) is 0 Å². The molecule has 0 aromatic carbocycles. The van der Waals surface area contributed by atoms with Crippen molar-refractivity contribution in [3.63, 3.8) is 0 Å². The first-order valence-electron chi connectivity index (χ1n) is 3.38. The van der Waals surface area contributed by atoms with Crippen LogP contribution in [-0.2, 0) is 0 Å². The maximum Gasteiger partial charge on any atom is -0.0240 e. The first-order valence-corrected chi connectivity index (χ1v) is 3.38. The standard InChI is InChI=1S/C9H14/c1-3-5-7-9-8-6-4-2/h3-5,8H,7,9H2,1-2H3. The molecule has 0 rings (SSSR count). The highest BCUT2D eigenvalue weighted by molar-refractivity contribution is 4.86. The lowest BCUT2D eigenvalue weighted by atomic mass is 10.3. The van der Waals surface area contributed by atoms with Gasteiger partial charge in [-0.15, -0.1) is 5.73 Å². The average molecular weight is 122 g/mol. The van der Waals surface area contributed by atoms with E-state index in [1.807, 2.05) is 19.9 Å². The van der Waals surface area contributed by atoms with Crippen LogP contribution in [0.3, 0.4) is 0 Å². The minimum absolute atomic E-state index is 1.11. The summed E-state index contributed by atoms with van der Waals surface area (Å²) >= 11 is 0. The molecule has 0 unspecified atom stereocenters. The Morgan fingerprint density at radius 2 is 2.00 bits per heavy atom. The van der Waals surface area contributed by atoms with Gasteiger partial charge < -0.3 is 0 Å². The van der Waals surface area contributed by atoms with Gasteiger partial charge in [-0.3, -0.25) is 0 Å². The van der Waals surface area contributed by atoms with E-state index in [1.165, 1.54) is 0 Å². The Balaban J connectivity index is 3.19. The van der Waals surface area contributed by atoms with E-state index in [2.05, 4.69) is 24.0 Å². The van der Waals surface area contributed by atoms with Crippen LogP contribution in [-0.4, -0.2) is 0 Å². The third-order valence-electron chi connectivity index (χ3n) is 0.998. The smallest absolute Gasteiger partial charge is 0.0240 e. The number of hydrogen-bond acceptors (Lipinski definition) is 0. The van der Waals surface area contributed by atoms with Gasteiger partial charge in [0.1, 0.15) is 0 Å². The molecule has 0 radical (unpaired) electrons. The van der Waals surface area contributed by atoms with Crippen molar-refractivity contribution in [3.05, 3.63) is 30.0 Å². The van der Waals surface area contributed by atoms with Crippen molar-refractivity contribution >= 4 is 0 Å². The fraction of sp³-hybridized carbons (Fsp3) is 0.444. The maximum absolute atomic E-state index is 3.02. The summed E-state index contributed by atoms with van der Waals surface area (Å²) in [6.45, 7) is 4.02. The molecule has 0 heterocycles. The van der Waals surface area contributed by atoms with Gasteiger partial charge in [0.25, 0.3) is 0 Å². The number of unbranched alkanes of at least 4 members (excludes halogenated alkanes) is 1. The summed E-state index contributed by atoms with van der Waals surface area (Å²) in [4.78, 5) is 0.